The number of hydrogen-bond donors (Lipinski definition) is 1. The Bertz CT molecular complexity index is 586. The van der Waals surface area contributed by atoms with Crippen molar-refractivity contribution in [3.63, 3.8) is 0 Å². The first-order valence-electron chi connectivity index (χ1n) is 5.80. The number of pyridine rings is 1. The maximum atomic E-state index is 13.6. The molecule has 0 spiro atoms. The van der Waals surface area contributed by atoms with Gasteiger partial charge in [0.15, 0.2) is 0 Å². The van der Waals surface area contributed by atoms with Gasteiger partial charge in [-0.3, -0.25) is 9.69 Å². The molecular formula is C14H14FN3O. The van der Waals surface area contributed by atoms with Crippen LogP contribution in [0.25, 0.3) is 0 Å². The number of para-hydroxylation sites is 1. The fourth-order valence-corrected chi connectivity index (χ4v) is 1.79. The van der Waals surface area contributed by atoms with E-state index in [4.69, 9.17) is 0 Å². The van der Waals surface area contributed by atoms with Crippen LogP contribution in [0.2, 0.25) is 0 Å². The summed E-state index contributed by atoms with van der Waals surface area (Å²) in [5, 5.41) is 2.71. The second-order valence-corrected chi connectivity index (χ2v) is 3.96. The summed E-state index contributed by atoms with van der Waals surface area (Å²) in [6.45, 7) is 0. The van der Waals surface area contributed by atoms with Gasteiger partial charge in [-0.25, -0.2) is 9.37 Å². The van der Waals surface area contributed by atoms with E-state index >= 15 is 0 Å². The number of carbonyl (C=O) groups excluding carboxylic acids is 1. The lowest BCUT2D eigenvalue weighted by Gasteiger charge is -2.18. The second kappa shape index (κ2) is 5.48. The highest BCUT2D eigenvalue weighted by molar-refractivity contribution is 6.08. The number of nitrogens with zero attached hydrogens (tertiary/aromatic N) is 2. The van der Waals surface area contributed by atoms with Crippen LogP contribution in [0.4, 0.5) is 15.9 Å². The van der Waals surface area contributed by atoms with Crippen LogP contribution >= 0.6 is 0 Å². The standard InChI is InChI=1S/C14H14FN3O/c1-16-13-10(6-5-7-11(13)15)14(19)18(2)12-8-3-4-9-17-12/h3-9,16H,1-2H3. The third-order valence-corrected chi connectivity index (χ3v) is 2.79. The zero-order valence-electron chi connectivity index (χ0n) is 10.7. The Kier molecular flexibility index (Phi) is 3.75. The van der Waals surface area contributed by atoms with E-state index in [0.717, 1.165) is 0 Å². The van der Waals surface area contributed by atoms with Crippen molar-refractivity contribution in [3.8, 4) is 0 Å². The predicted octanol–water partition coefficient (Wildman–Crippen LogP) is 2.54. The molecule has 0 bridgehead atoms. The number of anilines is 2. The van der Waals surface area contributed by atoms with Gasteiger partial charge in [-0.05, 0) is 24.3 Å². The zero-order chi connectivity index (χ0) is 13.8. The summed E-state index contributed by atoms with van der Waals surface area (Å²) in [7, 11) is 3.19. The van der Waals surface area contributed by atoms with E-state index in [-0.39, 0.29) is 17.2 Å². The molecule has 1 N–H and O–H groups in total. The lowest BCUT2D eigenvalue weighted by Crippen LogP contribution is -2.27. The number of hydrogen-bond acceptors (Lipinski definition) is 3. The average Bonchev–Trinajstić information content (AvgIpc) is 2.46. The fourth-order valence-electron chi connectivity index (χ4n) is 1.79. The summed E-state index contributed by atoms with van der Waals surface area (Å²) in [5.74, 6) is -0.260. The van der Waals surface area contributed by atoms with E-state index < -0.39 is 5.82 Å². The number of nitrogens with one attached hydrogen (secondary N) is 1. The Morgan fingerprint density at radius 2 is 2.05 bits per heavy atom. The van der Waals surface area contributed by atoms with Crippen LogP contribution < -0.4 is 10.2 Å². The summed E-state index contributed by atoms with van der Waals surface area (Å²) in [6.07, 6.45) is 1.60. The molecule has 0 unspecified atom stereocenters. The van der Waals surface area contributed by atoms with E-state index in [2.05, 4.69) is 10.3 Å². The van der Waals surface area contributed by atoms with Crippen LogP contribution in [0.1, 0.15) is 10.4 Å². The third kappa shape index (κ3) is 2.54. The Morgan fingerprint density at radius 1 is 1.26 bits per heavy atom. The van der Waals surface area contributed by atoms with Crippen LogP contribution in [0.5, 0.6) is 0 Å². The normalized spacial score (nSPS) is 10.1. The van der Waals surface area contributed by atoms with E-state index in [9.17, 15) is 9.18 Å². The molecule has 4 nitrogen and oxygen atoms in total. The highest BCUT2D eigenvalue weighted by atomic mass is 19.1. The van der Waals surface area contributed by atoms with Gasteiger partial charge in [0.25, 0.3) is 5.91 Å². The molecule has 1 aromatic carbocycles. The molecule has 2 rings (SSSR count). The minimum atomic E-state index is -0.456. The minimum absolute atomic E-state index is 0.190. The number of rotatable bonds is 3. The Hall–Kier alpha value is -2.43. The quantitative estimate of drug-likeness (QED) is 0.921. The number of aromatic nitrogens is 1. The van der Waals surface area contributed by atoms with Crippen molar-refractivity contribution in [1.82, 2.24) is 4.98 Å². The molecule has 2 aromatic rings. The Labute approximate surface area is 110 Å². The summed E-state index contributed by atoms with van der Waals surface area (Å²) in [5.41, 5.74) is 0.464. The van der Waals surface area contributed by atoms with Crippen molar-refractivity contribution in [2.24, 2.45) is 0 Å². The van der Waals surface area contributed by atoms with E-state index in [1.807, 2.05) is 0 Å². The molecule has 0 atom stereocenters. The molecule has 0 saturated heterocycles. The molecule has 5 heteroatoms. The number of halogens is 1. The van der Waals surface area contributed by atoms with Gasteiger partial charge in [0.1, 0.15) is 11.6 Å². The van der Waals surface area contributed by atoms with Crippen molar-refractivity contribution >= 4 is 17.4 Å². The molecule has 0 aliphatic heterocycles. The number of amides is 1. The maximum absolute atomic E-state index is 13.6. The van der Waals surface area contributed by atoms with E-state index in [0.29, 0.717) is 5.82 Å². The van der Waals surface area contributed by atoms with Crippen LogP contribution in [-0.2, 0) is 0 Å². The van der Waals surface area contributed by atoms with Crippen molar-refractivity contribution in [2.75, 3.05) is 24.3 Å². The SMILES string of the molecule is CNc1c(F)cccc1C(=O)N(C)c1ccccn1. The second-order valence-electron chi connectivity index (χ2n) is 3.96. The molecule has 0 radical (unpaired) electrons. The maximum Gasteiger partial charge on any atom is 0.261 e. The summed E-state index contributed by atoms with van der Waals surface area (Å²) >= 11 is 0. The topological polar surface area (TPSA) is 45.2 Å². The van der Waals surface area contributed by atoms with E-state index in [1.54, 1.807) is 44.6 Å². The highest BCUT2D eigenvalue weighted by Crippen LogP contribution is 2.22. The van der Waals surface area contributed by atoms with Crippen molar-refractivity contribution in [2.45, 2.75) is 0 Å². The average molecular weight is 259 g/mol. The fraction of sp³-hybridized carbons (Fsp3) is 0.143. The molecule has 1 aromatic heterocycles. The molecule has 0 saturated carbocycles. The Balaban J connectivity index is 2.37. The lowest BCUT2D eigenvalue weighted by atomic mass is 10.1. The molecule has 98 valence electrons. The largest absolute Gasteiger partial charge is 0.385 e. The van der Waals surface area contributed by atoms with E-state index in [1.165, 1.54) is 17.0 Å². The van der Waals surface area contributed by atoms with Gasteiger partial charge in [0.05, 0.1) is 11.3 Å². The first kappa shape index (κ1) is 13.0. The predicted molar refractivity (Wildman–Crippen MR) is 72.9 cm³/mol. The Morgan fingerprint density at radius 3 is 2.68 bits per heavy atom. The van der Waals surface area contributed by atoms with Crippen LogP contribution in [0.15, 0.2) is 42.6 Å². The van der Waals surface area contributed by atoms with Crippen LogP contribution in [0, 0.1) is 5.82 Å². The monoisotopic (exact) mass is 259 g/mol. The molecular weight excluding hydrogens is 245 g/mol. The number of carbonyl (C=O) groups is 1. The molecule has 0 fully saturated rings. The summed E-state index contributed by atoms with van der Waals surface area (Å²) < 4.78 is 13.6. The first-order valence-corrected chi connectivity index (χ1v) is 5.80. The number of benzene rings is 1. The summed E-state index contributed by atoms with van der Waals surface area (Å²) in [4.78, 5) is 17.8. The molecule has 19 heavy (non-hydrogen) atoms. The van der Waals surface area contributed by atoms with Crippen molar-refractivity contribution in [1.29, 1.82) is 0 Å². The van der Waals surface area contributed by atoms with Crippen LogP contribution in [0.3, 0.4) is 0 Å². The van der Waals surface area contributed by atoms with Crippen molar-refractivity contribution < 1.29 is 9.18 Å². The third-order valence-electron chi connectivity index (χ3n) is 2.79. The smallest absolute Gasteiger partial charge is 0.261 e. The van der Waals surface area contributed by atoms with Gasteiger partial charge >= 0.3 is 0 Å². The molecule has 1 heterocycles. The minimum Gasteiger partial charge on any atom is -0.385 e. The van der Waals surface area contributed by atoms with Crippen molar-refractivity contribution in [3.05, 3.63) is 54.0 Å². The first-order chi connectivity index (χ1) is 9.15. The summed E-state index contributed by atoms with van der Waals surface area (Å²) in [6, 6.07) is 9.67. The van der Waals surface area contributed by atoms with Gasteiger partial charge in [0, 0.05) is 20.3 Å². The van der Waals surface area contributed by atoms with Gasteiger partial charge in [0.2, 0.25) is 0 Å². The van der Waals surface area contributed by atoms with Gasteiger partial charge < -0.3 is 5.32 Å². The highest BCUT2D eigenvalue weighted by Gasteiger charge is 2.19. The van der Waals surface area contributed by atoms with Gasteiger partial charge in [-0.1, -0.05) is 12.1 Å². The zero-order valence-corrected chi connectivity index (χ0v) is 10.7. The van der Waals surface area contributed by atoms with Gasteiger partial charge in [-0.15, -0.1) is 0 Å². The van der Waals surface area contributed by atoms with Crippen LogP contribution in [-0.4, -0.2) is 25.0 Å². The molecule has 1 amide bonds. The molecule has 0 aliphatic carbocycles. The van der Waals surface area contributed by atoms with Gasteiger partial charge in [-0.2, -0.15) is 0 Å². The lowest BCUT2D eigenvalue weighted by molar-refractivity contribution is 0.0992. The molecule has 0 aliphatic rings.